The number of furan rings is 1. The van der Waals surface area contributed by atoms with Crippen LogP contribution in [0.3, 0.4) is 0 Å². The van der Waals surface area contributed by atoms with E-state index in [-0.39, 0.29) is 23.8 Å². The summed E-state index contributed by atoms with van der Waals surface area (Å²) in [5.74, 6) is -1.20. The molecule has 2 rings (SSSR count). The number of aryl methyl sites for hydroxylation is 1. The molecule has 0 bridgehead atoms. The van der Waals surface area contributed by atoms with Crippen molar-refractivity contribution in [3.05, 3.63) is 65.6 Å². The Kier molecular flexibility index (Phi) is 7.14. The molecule has 148 valence electrons. The van der Waals surface area contributed by atoms with Crippen LogP contribution in [0.2, 0.25) is 0 Å². The van der Waals surface area contributed by atoms with Crippen molar-refractivity contribution < 1.29 is 23.5 Å². The van der Waals surface area contributed by atoms with Gasteiger partial charge in [-0.1, -0.05) is 18.2 Å². The lowest BCUT2D eigenvalue weighted by molar-refractivity contribution is -0.133. The zero-order valence-electron chi connectivity index (χ0n) is 16.3. The molecule has 0 aliphatic heterocycles. The average molecular weight is 384 g/mol. The van der Waals surface area contributed by atoms with E-state index < -0.39 is 11.9 Å². The van der Waals surface area contributed by atoms with Gasteiger partial charge < -0.3 is 19.4 Å². The largest absolute Gasteiger partial charge is 0.459 e. The number of carbonyl (C=O) groups excluding carboxylic acids is 3. The van der Waals surface area contributed by atoms with Crippen molar-refractivity contribution in [3.8, 4) is 0 Å². The minimum Gasteiger partial charge on any atom is -0.459 e. The predicted octanol–water partition coefficient (Wildman–Crippen LogP) is 3.42. The zero-order chi connectivity index (χ0) is 20.7. The minimum absolute atomic E-state index is 0.162. The molecule has 1 N–H and O–H groups in total. The van der Waals surface area contributed by atoms with Crippen LogP contribution in [0.1, 0.15) is 40.3 Å². The molecule has 7 heteroatoms. The summed E-state index contributed by atoms with van der Waals surface area (Å²) in [6, 6.07) is 7.93. The second kappa shape index (κ2) is 9.55. The highest BCUT2D eigenvalue weighted by molar-refractivity contribution is 6.03. The van der Waals surface area contributed by atoms with Crippen LogP contribution >= 0.6 is 0 Å². The monoisotopic (exact) mass is 384 g/mol. The summed E-state index contributed by atoms with van der Waals surface area (Å²) in [6.07, 6.45) is 1.40. The van der Waals surface area contributed by atoms with E-state index in [0.717, 1.165) is 11.1 Å². The first-order valence-corrected chi connectivity index (χ1v) is 8.86. The summed E-state index contributed by atoms with van der Waals surface area (Å²) < 4.78 is 10.2. The van der Waals surface area contributed by atoms with Gasteiger partial charge in [0.05, 0.1) is 11.8 Å². The van der Waals surface area contributed by atoms with Crippen molar-refractivity contribution in [1.82, 2.24) is 4.90 Å². The summed E-state index contributed by atoms with van der Waals surface area (Å²) in [4.78, 5) is 38.2. The Morgan fingerprint density at radius 1 is 1.25 bits per heavy atom. The number of likely N-dealkylation sites (N-methyl/N-ethyl adjacent to an activating group) is 1. The fraction of sp³-hybridized carbons (Fsp3) is 0.286. The molecule has 1 heterocycles. The predicted molar refractivity (Wildman–Crippen MR) is 105 cm³/mol. The molecular weight excluding hydrogens is 360 g/mol. The van der Waals surface area contributed by atoms with Crippen LogP contribution in [-0.4, -0.2) is 42.4 Å². The molecule has 0 radical (unpaired) electrons. The Bertz CT molecular complexity index is 871. The third-order valence-electron chi connectivity index (χ3n) is 3.99. The van der Waals surface area contributed by atoms with Crippen LogP contribution in [0.15, 0.2) is 53.2 Å². The van der Waals surface area contributed by atoms with Gasteiger partial charge in [-0.2, -0.15) is 0 Å². The fourth-order valence-corrected chi connectivity index (χ4v) is 2.48. The highest BCUT2D eigenvalue weighted by Crippen LogP contribution is 2.19. The first-order chi connectivity index (χ1) is 13.3. The van der Waals surface area contributed by atoms with E-state index in [1.807, 2.05) is 13.8 Å². The van der Waals surface area contributed by atoms with Gasteiger partial charge in [0, 0.05) is 18.8 Å². The Morgan fingerprint density at radius 3 is 2.61 bits per heavy atom. The maximum absolute atomic E-state index is 12.3. The minimum atomic E-state index is -0.645. The molecular formula is C21H24N2O5. The van der Waals surface area contributed by atoms with Gasteiger partial charge in [0.15, 0.2) is 12.4 Å². The molecule has 0 fully saturated rings. The summed E-state index contributed by atoms with van der Waals surface area (Å²) in [5.41, 5.74) is 2.30. The van der Waals surface area contributed by atoms with Gasteiger partial charge in [-0.3, -0.25) is 9.59 Å². The number of amides is 2. The van der Waals surface area contributed by atoms with Gasteiger partial charge >= 0.3 is 5.97 Å². The van der Waals surface area contributed by atoms with Gasteiger partial charge in [-0.25, -0.2) is 4.79 Å². The summed E-state index contributed by atoms with van der Waals surface area (Å²) in [7, 11) is 0. The number of esters is 1. The van der Waals surface area contributed by atoms with Crippen LogP contribution in [0.4, 0.5) is 5.69 Å². The Balaban J connectivity index is 2.02. The summed E-state index contributed by atoms with van der Waals surface area (Å²) in [5, 5.41) is 2.70. The number of rotatable bonds is 8. The first kappa shape index (κ1) is 21.0. The third kappa shape index (κ3) is 5.57. The SMILES string of the molecule is C=C(C)CN(CC)C(=O)COC(=O)c1ccc(C)c(NC(=O)c2ccco2)c1. The van der Waals surface area contributed by atoms with Crippen molar-refractivity contribution in [1.29, 1.82) is 0 Å². The van der Waals surface area contributed by atoms with Crippen LogP contribution in [-0.2, 0) is 9.53 Å². The number of nitrogens with zero attached hydrogens (tertiary/aromatic N) is 1. The van der Waals surface area contributed by atoms with Gasteiger partial charge in [0.25, 0.3) is 11.8 Å². The number of benzene rings is 1. The standard InChI is InChI=1S/C21H24N2O5/c1-5-23(12-14(2)3)19(24)13-28-21(26)16-9-8-15(4)17(11-16)22-20(25)18-7-6-10-27-18/h6-11H,2,5,12-13H2,1,3-4H3,(H,22,25). The lowest BCUT2D eigenvalue weighted by Crippen LogP contribution is -2.35. The molecule has 0 atom stereocenters. The number of carbonyl (C=O) groups is 3. The van der Waals surface area contributed by atoms with E-state index in [4.69, 9.17) is 9.15 Å². The van der Waals surface area contributed by atoms with E-state index >= 15 is 0 Å². The molecule has 1 aromatic heterocycles. The van der Waals surface area contributed by atoms with E-state index in [0.29, 0.717) is 18.8 Å². The van der Waals surface area contributed by atoms with Crippen molar-refractivity contribution in [3.63, 3.8) is 0 Å². The molecule has 0 unspecified atom stereocenters. The Hall–Kier alpha value is -3.35. The molecule has 7 nitrogen and oxygen atoms in total. The lowest BCUT2D eigenvalue weighted by atomic mass is 10.1. The fourth-order valence-electron chi connectivity index (χ4n) is 2.48. The van der Waals surface area contributed by atoms with Crippen LogP contribution < -0.4 is 5.32 Å². The van der Waals surface area contributed by atoms with E-state index in [1.165, 1.54) is 12.3 Å². The number of ether oxygens (including phenoxy) is 1. The second-order valence-electron chi connectivity index (χ2n) is 6.40. The quantitative estimate of drug-likeness (QED) is 0.556. The second-order valence-corrected chi connectivity index (χ2v) is 6.40. The van der Waals surface area contributed by atoms with Crippen molar-refractivity contribution in [2.75, 3.05) is 25.0 Å². The van der Waals surface area contributed by atoms with Crippen molar-refractivity contribution in [2.45, 2.75) is 20.8 Å². The third-order valence-corrected chi connectivity index (χ3v) is 3.99. The van der Waals surface area contributed by atoms with E-state index in [1.54, 1.807) is 36.1 Å². The Labute approximate surface area is 164 Å². The molecule has 28 heavy (non-hydrogen) atoms. The van der Waals surface area contributed by atoms with Gasteiger partial charge in [-0.15, -0.1) is 0 Å². The first-order valence-electron chi connectivity index (χ1n) is 8.86. The molecule has 0 aliphatic carbocycles. The highest BCUT2D eigenvalue weighted by atomic mass is 16.5. The molecule has 1 aromatic carbocycles. The van der Waals surface area contributed by atoms with Crippen LogP contribution in [0, 0.1) is 6.92 Å². The molecule has 2 aromatic rings. The van der Waals surface area contributed by atoms with Crippen LogP contribution in [0.5, 0.6) is 0 Å². The number of hydrogen-bond acceptors (Lipinski definition) is 5. The Morgan fingerprint density at radius 2 is 2.00 bits per heavy atom. The molecule has 0 spiro atoms. The lowest BCUT2D eigenvalue weighted by Gasteiger charge is -2.20. The number of hydrogen-bond donors (Lipinski definition) is 1. The van der Waals surface area contributed by atoms with Crippen molar-refractivity contribution in [2.24, 2.45) is 0 Å². The highest BCUT2D eigenvalue weighted by Gasteiger charge is 2.17. The topological polar surface area (TPSA) is 88.9 Å². The van der Waals surface area contributed by atoms with E-state index in [9.17, 15) is 14.4 Å². The maximum atomic E-state index is 12.3. The summed E-state index contributed by atoms with van der Waals surface area (Å²) >= 11 is 0. The maximum Gasteiger partial charge on any atom is 0.338 e. The smallest absolute Gasteiger partial charge is 0.338 e. The van der Waals surface area contributed by atoms with Gasteiger partial charge in [0.1, 0.15) is 0 Å². The molecule has 0 aliphatic rings. The van der Waals surface area contributed by atoms with E-state index in [2.05, 4.69) is 11.9 Å². The summed E-state index contributed by atoms with van der Waals surface area (Å²) in [6.45, 7) is 9.81. The average Bonchev–Trinajstić information content (AvgIpc) is 3.20. The molecule has 0 saturated heterocycles. The van der Waals surface area contributed by atoms with Crippen LogP contribution in [0.25, 0.3) is 0 Å². The molecule has 2 amide bonds. The van der Waals surface area contributed by atoms with Gasteiger partial charge in [0.2, 0.25) is 0 Å². The normalized spacial score (nSPS) is 10.2. The molecule has 0 saturated carbocycles. The zero-order valence-corrected chi connectivity index (χ0v) is 16.3. The number of nitrogens with one attached hydrogen (secondary N) is 1. The van der Waals surface area contributed by atoms with Gasteiger partial charge in [-0.05, 0) is 50.6 Å². The van der Waals surface area contributed by atoms with Crippen molar-refractivity contribution >= 4 is 23.5 Å². The number of anilines is 1.